The summed E-state index contributed by atoms with van der Waals surface area (Å²) in [6.45, 7) is 6.50. The van der Waals surface area contributed by atoms with E-state index in [9.17, 15) is 18.0 Å². The van der Waals surface area contributed by atoms with Gasteiger partial charge < -0.3 is 4.90 Å². The van der Waals surface area contributed by atoms with Gasteiger partial charge in [-0.15, -0.1) is 0 Å². The molecule has 0 radical (unpaired) electrons. The molecule has 0 saturated carbocycles. The van der Waals surface area contributed by atoms with Crippen LogP contribution in [0.5, 0.6) is 0 Å². The van der Waals surface area contributed by atoms with Gasteiger partial charge in [0, 0.05) is 37.0 Å². The molecule has 1 aromatic carbocycles. The van der Waals surface area contributed by atoms with Crippen LogP contribution in [0.15, 0.2) is 29.2 Å². The fourth-order valence-corrected chi connectivity index (χ4v) is 3.12. The molecular formula is C15H19F3N2OS. The standard InChI is InChI=1S/C15H19F3N2OS/c1-11(2)14(21)19-7-9-20(10-8-19)22-13-5-3-12(4-6-13)15(16,17)18/h3-6,11H,7-10H2,1-2H3. The average molecular weight is 332 g/mol. The molecule has 0 N–H and O–H groups in total. The smallest absolute Gasteiger partial charge is 0.340 e. The van der Waals surface area contributed by atoms with E-state index in [0.717, 1.165) is 17.0 Å². The average Bonchev–Trinajstić information content (AvgIpc) is 2.47. The van der Waals surface area contributed by atoms with Crippen LogP contribution < -0.4 is 0 Å². The monoisotopic (exact) mass is 332 g/mol. The van der Waals surface area contributed by atoms with E-state index in [1.54, 1.807) is 0 Å². The molecule has 0 aromatic heterocycles. The van der Waals surface area contributed by atoms with E-state index in [1.165, 1.54) is 24.1 Å². The van der Waals surface area contributed by atoms with E-state index < -0.39 is 11.7 Å². The van der Waals surface area contributed by atoms with E-state index in [1.807, 2.05) is 18.7 Å². The molecule has 0 aliphatic carbocycles. The maximum absolute atomic E-state index is 12.5. The molecule has 1 aromatic rings. The summed E-state index contributed by atoms with van der Waals surface area (Å²) < 4.78 is 39.6. The highest BCUT2D eigenvalue weighted by Gasteiger charge is 2.30. The Hall–Kier alpha value is -1.21. The molecule has 0 unspecified atom stereocenters. The second-order valence-electron chi connectivity index (χ2n) is 5.52. The highest BCUT2D eigenvalue weighted by atomic mass is 32.2. The Morgan fingerprint density at radius 3 is 2.09 bits per heavy atom. The number of hydrogen-bond donors (Lipinski definition) is 0. The summed E-state index contributed by atoms with van der Waals surface area (Å²) >= 11 is 1.43. The fourth-order valence-electron chi connectivity index (χ4n) is 2.22. The number of carbonyl (C=O) groups is 1. The predicted octanol–water partition coefficient (Wildman–Crippen LogP) is 3.51. The van der Waals surface area contributed by atoms with Gasteiger partial charge in [-0.05, 0) is 36.2 Å². The number of rotatable bonds is 3. The van der Waals surface area contributed by atoms with Gasteiger partial charge in [0.2, 0.25) is 5.91 Å². The van der Waals surface area contributed by atoms with Crippen LogP contribution in [0.4, 0.5) is 13.2 Å². The lowest BCUT2D eigenvalue weighted by atomic mass is 10.2. The van der Waals surface area contributed by atoms with Crippen LogP contribution in [0.3, 0.4) is 0 Å². The lowest BCUT2D eigenvalue weighted by Crippen LogP contribution is -2.47. The number of amides is 1. The minimum atomic E-state index is -4.30. The van der Waals surface area contributed by atoms with Gasteiger partial charge in [-0.1, -0.05) is 13.8 Å². The summed E-state index contributed by atoms with van der Waals surface area (Å²) in [6, 6.07) is 5.17. The van der Waals surface area contributed by atoms with Gasteiger partial charge in [0.25, 0.3) is 0 Å². The molecule has 1 amide bonds. The van der Waals surface area contributed by atoms with Crippen molar-refractivity contribution in [2.75, 3.05) is 26.2 Å². The molecule has 1 saturated heterocycles. The van der Waals surface area contributed by atoms with Gasteiger partial charge in [-0.25, -0.2) is 4.31 Å². The highest BCUT2D eigenvalue weighted by molar-refractivity contribution is 7.97. The Balaban J connectivity index is 1.87. The van der Waals surface area contributed by atoms with Crippen LogP contribution in [-0.2, 0) is 11.0 Å². The van der Waals surface area contributed by atoms with Crippen molar-refractivity contribution in [2.24, 2.45) is 5.92 Å². The van der Waals surface area contributed by atoms with Crippen molar-refractivity contribution in [3.8, 4) is 0 Å². The Labute approximate surface area is 132 Å². The largest absolute Gasteiger partial charge is 0.416 e. The first-order valence-electron chi connectivity index (χ1n) is 7.16. The molecule has 0 bridgehead atoms. The number of carbonyl (C=O) groups excluding carboxylic acids is 1. The SMILES string of the molecule is CC(C)C(=O)N1CCN(Sc2ccc(C(F)(F)F)cc2)CC1. The van der Waals surface area contributed by atoms with Crippen molar-refractivity contribution in [1.29, 1.82) is 0 Å². The van der Waals surface area contributed by atoms with Crippen molar-refractivity contribution in [2.45, 2.75) is 24.9 Å². The number of halogens is 3. The molecule has 2 rings (SSSR count). The lowest BCUT2D eigenvalue weighted by molar-refractivity contribution is -0.137. The molecule has 1 aliphatic heterocycles. The van der Waals surface area contributed by atoms with E-state index in [4.69, 9.17) is 0 Å². The molecular weight excluding hydrogens is 313 g/mol. The zero-order valence-electron chi connectivity index (χ0n) is 12.6. The van der Waals surface area contributed by atoms with Crippen molar-refractivity contribution < 1.29 is 18.0 Å². The quantitative estimate of drug-likeness (QED) is 0.792. The fraction of sp³-hybridized carbons (Fsp3) is 0.533. The van der Waals surface area contributed by atoms with Gasteiger partial charge in [-0.3, -0.25) is 4.79 Å². The number of alkyl halides is 3. The van der Waals surface area contributed by atoms with E-state index in [-0.39, 0.29) is 11.8 Å². The van der Waals surface area contributed by atoms with Crippen LogP contribution in [-0.4, -0.2) is 41.3 Å². The number of hydrogen-bond acceptors (Lipinski definition) is 3. The summed E-state index contributed by atoms with van der Waals surface area (Å²) in [6.07, 6.45) is -4.30. The highest BCUT2D eigenvalue weighted by Crippen LogP contribution is 2.31. The third-order valence-electron chi connectivity index (χ3n) is 3.46. The van der Waals surface area contributed by atoms with E-state index in [0.29, 0.717) is 26.2 Å². The normalized spacial score (nSPS) is 17.1. The van der Waals surface area contributed by atoms with Crippen LogP contribution in [0.2, 0.25) is 0 Å². The minimum absolute atomic E-state index is 0.00545. The van der Waals surface area contributed by atoms with Crippen molar-refractivity contribution >= 4 is 17.9 Å². The van der Waals surface area contributed by atoms with Gasteiger partial charge >= 0.3 is 6.18 Å². The topological polar surface area (TPSA) is 23.6 Å². The summed E-state index contributed by atoms with van der Waals surface area (Å²) in [5.74, 6) is 0.147. The van der Waals surface area contributed by atoms with Crippen molar-refractivity contribution in [3.05, 3.63) is 29.8 Å². The third-order valence-corrected chi connectivity index (χ3v) is 4.57. The van der Waals surface area contributed by atoms with Crippen LogP contribution in [0.25, 0.3) is 0 Å². The molecule has 1 heterocycles. The molecule has 7 heteroatoms. The first-order chi connectivity index (χ1) is 10.3. The van der Waals surface area contributed by atoms with Gasteiger partial charge in [0.15, 0.2) is 0 Å². The molecule has 0 atom stereocenters. The first kappa shape index (κ1) is 17.1. The lowest BCUT2D eigenvalue weighted by Gasteiger charge is -2.34. The van der Waals surface area contributed by atoms with Crippen LogP contribution in [0, 0.1) is 5.92 Å². The molecule has 0 spiro atoms. The zero-order chi connectivity index (χ0) is 16.3. The molecule has 1 fully saturated rings. The van der Waals surface area contributed by atoms with Crippen molar-refractivity contribution in [1.82, 2.24) is 9.21 Å². The Bertz CT molecular complexity index is 509. The maximum atomic E-state index is 12.5. The van der Waals surface area contributed by atoms with Gasteiger partial charge in [0.05, 0.1) is 5.56 Å². The Morgan fingerprint density at radius 2 is 1.64 bits per heavy atom. The number of piperazine rings is 1. The predicted molar refractivity (Wildman–Crippen MR) is 80.3 cm³/mol. The summed E-state index contributed by atoms with van der Waals surface area (Å²) in [4.78, 5) is 14.5. The summed E-state index contributed by atoms with van der Waals surface area (Å²) in [5.41, 5.74) is -0.635. The van der Waals surface area contributed by atoms with Gasteiger partial charge in [-0.2, -0.15) is 13.2 Å². The summed E-state index contributed by atoms with van der Waals surface area (Å²) in [7, 11) is 0. The van der Waals surface area contributed by atoms with E-state index >= 15 is 0 Å². The Kier molecular flexibility index (Phi) is 5.39. The van der Waals surface area contributed by atoms with E-state index in [2.05, 4.69) is 4.31 Å². The van der Waals surface area contributed by atoms with Crippen LogP contribution >= 0.6 is 11.9 Å². The first-order valence-corrected chi connectivity index (χ1v) is 7.93. The zero-order valence-corrected chi connectivity index (χ0v) is 13.4. The number of benzene rings is 1. The summed E-state index contributed by atoms with van der Waals surface area (Å²) in [5, 5.41) is 0. The second-order valence-corrected chi connectivity index (χ2v) is 6.69. The molecule has 3 nitrogen and oxygen atoms in total. The third kappa shape index (κ3) is 4.39. The second kappa shape index (κ2) is 6.91. The Morgan fingerprint density at radius 1 is 1.09 bits per heavy atom. The molecule has 1 aliphatic rings. The number of nitrogens with zero attached hydrogens (tertiary/aromatic N) is 2. The molecule has 22 heavy (non-hydrogen) atoms. The maximum Gasteiger partial charge on any atom is 0.416 e. The van der Waals surface area contributed by atoms with Gasteiger partial charge in [0.1, 0.15) is 0 Å². The van der Waals surface area contributed by atoms with Crippen LogP contribution in [0.1, 0.15) is 19.4 Å². The minimum Gasteiger partial charge on any atom is -0.340 e. The van der Waals surface area contributed by atoms with Crippen molar-refractivity contribution in [3.63, 3.8) is 0 Å². The molecule has 122 valence electrons.